The Labute approximate surface area is 130 Å². The molecule has 0 heterocycles. The second kappa shape index (κ2) is 6.39. The lowest BCUT2D eigenvalue weighted by Gasteiger charge is -2.35. The van der Waals surface area contributed by atoms with Gasteiger partial charge in [0.15, 0.2) is 0 Å². The summed E-state index contributed by atoms with van der Waals surface area (Å²) in [5.74, 6) is -2.39. The average molecular weight is 367 g/mol. The highest BCUT2D eigenvalue weighted by Crippen LogP contribution is 2.28. The van der Waals surface area contributed by atoms with E-state index < -0.39 is 23.1 Å². The molecule has 1 amide bonds. The predicted octanol–water partition coefficient (Wildman–Crippen LogP) is 4.35. The van der Waals surface area contributed by atoms with Crippen molar-refractivity contribution in [3.05, 3.63) is 33.8 Å². The molecule has 0 N–H and O–H groups in total. The van der Waals surface area contributed by atoms with E-state index in [0.29, 0.717) is 0 Å². The zero-order valence-corrected chi connectivity index (χ0v) is 13.3. The van der Waals surface area contributed by atoms with E-state index in [1.807, 2.05) is 0 Å². The molecular weight excluding hydrogens is 352 g/mol. The highest BCUT2D eigenvalue weighted by Gasteiger charge is 2.32. The quantitative estimate of drug-likeness (QED) is 0.713. The van der Waals surface area contributed by atoms with Crippen molar-refractivity contribution >= 4 is 33.4 Å². The van der Waals surface area contributed by atoms with Gasteiger partial charge in [-0.3, -0.25) is 4.79 Å². The van der Waals surface area contributed by atoms with E-state index in [2.05, 4.69) is 15.9 Å². The highest BCUT2D eigenvalue weighted by atomic mass is 79.9. The molecule has 2 unspecified atom stereocenters. The summed E-state index contributed by atoms with van der Waals surface area (Å²) in [5.41, 5.74) is -0.523. The topological polar surface area (TPSA) is 20.3 Å². The van der Waals surface area contributed by atoms with Gasteiger partial charge in [0.05, 0.1) is 5.38 Å². The van der Waals surface area contributed by atoms with Crippen molar-refractivity contribution in [2.24, 2.45) is 0 Å². The molecule has 1 aliphatic carbocycles. The van der Waals surface area contributed by atoms with Gasteiger partial charge in [-0.1, -0.05) is 28.8 Å². The summed E-state index contributed by atoms with van der Waals surface area (Å²) >= 11 is 9.22. The maximum absolute atomic E-state index is 13.8. The minimum Gasteiger partial charge on any atom is -0.337 e. The standard InChI is InChI=1S/C14H15BrClF2NO/c1-19(12-5-3-2-4-9(12)16)14(20)13-10(17)6-8(15)7-11(13)18/h6-7,9,12H,2-5H2,1H3. The molecule has 0 saturated heterocycles. The molecule has 6 heteroatoms. The fourth-order valence-corrected chi connectivity index (χ4v) is 3.43. The molecule has 1 saturated carbocycles. The van der Waals surface area contributed by atoms with Crippen LogP contribution in [0, 0.1) is 11.6 Å². The van der Waals surface area contributed by atoms with Crippen LogP contribution in [0.15, 0.2) is 16.6 Å². The van der Waals surface area contributed by atoms with Crippen molar-refractivity contribution in [3.8, 4) is 0 Å². The molecule has 2 atom stereocenters. The van der Waals surface area contributed by atoms with E-state index in [0.717, 1.165) is 37.8 Å². The van der Waals surface area contributed by atoms with Crippen LogP contribution in [0.1, 0.15) is 36.0 Å². The van der Waals surface area contributed by atoms with E-state index in [1.165, 1.54) is 4.90 Å². The molecule has 1 aromatic rings. The first-order chi connectivity index (χ1) is 9.41. The van der Waals surface area contributed by atoms with Crippen LogP contribution in [0.3, 0.4) is 0 Å². The van der Waals surface area contributed by atoms with Gasteiger partial charge in [0.1, 0.15) is 17.2 Å². The summed E-state index contributed by atoms with van der Waals surface area (Å²) in [5, 5.41) is -0.167. The number of alkyl halides is 1. The van der Waals surface area contributed by atoms with Crippen LogP contribution < -0.4 is 0 Å². The smallest absolute Gasteiger partial charge is 0.259 e. The molecule has 2 nitrogen and oxygen atoms in total. The van der Waals surface area contributed by atoms with Gasteiger partial charge in [-0.05, 0) is 25.0 Å². The molecule has 110 valence electrons. The molecule has 0 aromatic heterocycles. The number of carbonyl (C=O) groups is 1. The number of carbonyl (C=O) groups excluding carboxylic acids is 1. The monoisotopic (exact) mass is 365 g/mol. The SMILES string of the molecule is CN(C(=O)c1c(F)cc(Br)cc1F)C1CCCCC1Cl. The molecule has 0 bridgehead atoms. The minimum atomic E-state index is -0.865. The van der Waals surface area contributed by atoms with Crippen LogP contribution in [0.4, 0.5) is 8.78 Å². The highest BCUT2D eigenvalue weighted by molar-refractivity contribution is 9.10. The number of benzene rings is 1. The number of hydrogen-bond donors (Lipinski definition) is 0. The van der Waals surface area contributed by atoms with Crippen molar-refractivity contribution in [2.75, 3.05) is 7.05 Å². The summed E-state index contributed by atoms with van der Waals surface area (Å²) in [6.07, 6.45) is 3.57. The zero-order chi connectivity index (χ0) is 14.9. The maximum atomic E-state index is 13.8. The summed E-state index contributed by atoms with van der Waals surface area (Å²) in [7, 11) is 1.55. The van der Waals surface area contributed by atoms with Crippen LogP contribution in [0.2, 0.25) is 0 Å². The number of nitrogens with zero attached hydrogens (tertiary/aromatic N) is 1. The van der Waals surface area contributed by atoms with Gasteiger partial charge in [0, 0.05) is 17.6 Å². The molecule has 2 rings (SSSR count). The molecule has 1 fully saturated rings. The largest absolute Gasteiger partial charge is 0.337 e. The summed E-state index contributed by atoms with van der Waals surface area (Å²) in [6, 6.07) is 1.99. The van der Waals surface area contributed by atoms with Gasteiger partial charge in [0.2, 0.25) is 0 Å². The molecule has 0 radical (unpaired) electrons. The van der Waals surface area contributed by atoms with Crippen molar-refractivity contribution in [1.29, 1.82) is 0 Å². The van der Waals surface area contributed by atoms with E-state index in [1.54, 1.807) is 7.05 Å². The summed E-state index contributed by atoms with van der Waals surface area (Å²) < 4.78 is 27.9. The second-order valence-electron chi connectivity index (χ2n) is 5.03. The van der Waals surface area contributed by atoms with Gasteiger partial charge >= 0.3 is 0 Å². The number of amides is 1. The van der Waals surface area contributed by atoms with Crippen molar-refractivity contribution in [2.45, 2.75) is 37.1 Å². The first kappa shape index (κ1) is 15.7. The van der Waals surface area contributed by atoms with Crippen molar-refractivity contribution < 1.29 is 13.6 Å². The van der Waals surface area contributed by atoms with Crippen LogP contribution in [-0.2, 0) is 0 Å². The number of hydrogen-bond acceptors (Lipinski definition) is 1. The first-order valence-corrected chi connectivity index (χ1v) is 7.70. The Morgan fingerprint density at radius 3 is 2.40 bits per heavy atom. The Bertz CT molecular complexity index is 503. The molecule has 20 heavy (non-hydrogen) atoms. The van der Waals surface area contributed by atoms with E-state index in [9.17, 15) is 13.6 Å². The van der Waals surface area contributed by atoms with Crippen LogP contribution >= 0.6 is 27.5 Å². The molecular formula is C14H15BrClF2NO. The Balaban J connectivity index is 2.27. The Morgan fingerprint density at radius 2 is 1.85 bits per heavy atom. The molecule has 0 aliphatic heterocycles. The third kappa shape index (κ3) is 3.14. The third-order valence-electron chi connectivity index (χ3n) is 3.69. The van der Waals surface area contributed by atoms with Crippen LogP contribution in [-0.4, -0.2) is 29.3 Å². The number of rotatable bonds is 2. The van der Waals surface area contributed by atoms with Gasteiger partial charge in [-0.25, -0.2) is 8.78 Å². The summed E-state index contributed by atoms with van der Waals surface area (Å²) in [4.78, 5) is 13.7. The minimum absolute atomic E-state index is 0.167. The zero-order valence-electron chi connectivity index (χ0n) is 11.0. The Hall–Kier alpha value is -0.680. The Kier molecular flexibility index (Phi) is 5.02. The van der Waals surface area contributed by atoms with Crippen molar-refractivity contribution in [3.63, 3.8) is 0 Å². The van der Waals surface area contributed by atoms with Gasteiger partial charge in [-0.2, -0.15) is 0 Å². The Morgan fingerprint density at radius 1 is 1.30 bits per heavy atom. The van der Waals surface area contributed by atoms with E-state index >= 15 is 0 Å². The fourth-order valence-electron chi connectivity index (χ4n) is 2.58. The second-order valence-corrected chi connectivity index (χ2v) is 6.50. The maximum Gasteiger partial charge on any atom is 0.259 e. The fraction of sp³-hybridized carbons (Fsp3) is 0.500. The van der Waals surface area contributed by atoms with E-state index in [4.69, 9.17) is 11.6 Å². The van der Waals surface area contributed by atoms with E-state index in [-0.39, 0.29) is 15.9 Å². The predicted molar refractivity (Wildman–Crippen MR) is 78.0 cm³/mol. The lowest BCUT2D eigenvalue weighted by molar-refractivity contribution is 0.0690. The van der Waals surface area contributed by atoms with Gasteiger partial charge < -0.3 is 4.90 Å². The molecule has 1 aromatic carbocycles. The molecule has 0 spiro atoms. The van der Waals surface area contributed by atoms with Crippen LogP contribution in [0.25, 0.3) is 0 Å². The van der Waals surface area contributed by atoms with Gasteiger partial charge in [0.25, 0.3) is 5.91 Å². The van der Waals surface area contributed by atoms with Crippen molar-refractivity contribution in [1.82, 2.24) is 4.90 Å². The normalized spacial score (nSPS) is 22.6. The average Bonchev–Trinajstić information content (AvgIpc) is 2.37. The molecule has 1 aliphatic rings. The third-order valence-corrected chi connectivity index (χ3v) is 4.65. The lowest BCUT2D eigenvalue weighted by atomic mass is 9.93. The van der Waals surface area contributed by atoms with Crippen LogP contribution in [0.5, 0.6) is 0 Å². The van der Waals surface area contributed by atoms with Gasteiger partial charge in [-0.15, -0.1) is 11.6 Å². The first-order valence-electron chi connectivity index (χ1n) is 6.47. The summed E-state index contributed by atoms with van der Waals surface area (Å²) in [6.45, 7) is 0. The number of halogens is 4. The lowest BCUT2D eigenvalue weighted by Crippen LogP contribution is -2.44.